The monoisotopic (exact) mass is 398 g/mol. The lowest BCUT2D eigenvalue weighted by Gasteiger charge is -2.52. The highest BCUT2D eigenvalue weighted by Gasteiger charge is 2.49. The molecule has 29 heavy (non-hydrogen) atoms. The molecule has 1 aromatic heterocycles. The zero-order valence-corrected chi connectivity index (χ0v) is 17.0. The van der Waals surface area contributed by atoms with Crippen molar-refractivity contribution < 1.29 is 19.1 Å². The van der Waals surface area contributed by atoms with Crippen molar-refractivity contribution in [2.24, 2.45) is 5.92 Å². The van der Waals surface area contributed by atoms with E-state index in [1.54, 1.807) is 13.4 Å². The number of benzene rings is 1. The van der Waals surface area contributed by atoms with Gasteiger partial charge in [0, 0.05) is 18.5 Å². The smallest absolute Gasteiger partial charge is 0.234 e. The molecular weight excluding hydrogens is 368 g/mol. The number of hydrogen-bond acceptors (Lipinski definition) is 5. The molecule has 1 saturated carbocycles. The van der Waals surface area contributed by atoms with Crippen LogP contribution in [0.1, 0.15) is 49.5 Å². The summed E-state index contributed by atoms with van der Waals surface area (Å²) in [5.74, 6) is 1.66. The normalized spacial score (nSPS) is 27.2. The number of piperidine rings is 1. The summed E-state index contributed by atoms with van der Waals surface area (Å²) in [6.45, 7) is 1.40. The van der Waals surface area contributed by atoms with Gasteiger partial charge in [0.15, 0.2) is 0 Å². The van der Waals surface area contributed by atoms with E-state index in [0.29, 0.717) is 19.6 Å². The molecule has 156 valence electrons. The van der Waals surface area contributed by atoms with Crippen LogP contribution in [0.4, 0.5) is 0 Å². The van der Waals surface area contributed by atoms with E-state index in [9.17, 15) is 9.90 Å². The molecule has 3 atom stereocenters. The third kappa shape index (κ3) is 4.33. The summed E-state index contributed by atoms with van der Waals surface area (Å²) in [7, 11) is 1.66. The van der Waals surface area contributed by atoms with Crippen molar-refractivity contribution in [2.45, 2.75) is 50.3 Å². The second-order valence-electron chi connectivity index (χ2n) is 8.25. The van der Waals surface area contributed by atoms with Gasteiger partial charge in [0.1, 0.15) is 11.5 Å². The van der Waals surface area contributed by atoms with E-state index in [2.05, 4.69) is 22.3 Å². The molecule has 4 rings (SSSR count). The highest BCUT2D eigenvalue weighted by atomic mass is 16.5. The van der Waals surface area contributed by atoms with Gasteiger partial charge < -0.3 is 19.6 Å². The number of amides is 1. The van der Waals surface area contributed by atoms with E-state index >= 15 is 0 Å². The number of likely N-dealkylation sites (tertiary alicyclic amines) is 1. The third-order valence-corrected chi connectivity index (χ3v) is 6.52. The average molecular weight is 399 g/mol. The van der Waals surface area contributed by atoms with Gasteiger partial charge in [-0.3, -0.25) is 9.69 Å². The minimum Gasteiger partial charge on any atom is -0.497 e. The zero-order valence-electron chi connectivity index (χ0n) is 17.0. The van der Waals surface area contributed by atoms with Gasteiger partial charge in [-0.05, 0) is 49.1 Å². The van der Waals surface area contributed by atoms with Crippen LogP contribution in [0.15, 0.2) is 47.1 Å². The van der Waals surface area contributed by atoms with Gasteiger partial charge >= 0.3 is 0 Å². The maximum atomic E-state index is 12.6. The highest BCUT2D eigenvalue weighted by Crippen LogP contribution is 2.49. The van der Waals surface area contributed by atoms with Crippen LogP contribution < -0.4 is 10.1 Å². The third-order valence-electron chi connectivity index (χ3n) is 6.52. The van der Waals surface area contributed by atoms with Crippen molar-refractivity contribution in [1.29, 1.82) is 0 Å². The number of aliphatic hydroxyl groups is 1. The Balaban J connectivity index is 1.52. The Kier molecular flexibility index (Phi) is 5.92. The van der Waals surface area contributed by atoms with Crippen LogP contribution in [0.5, 0.6) is 5.75 Å². The molecule has 0 spiro atoms. The molecule has 2 heterocycles. The molecule has 2 fully saturated rings. The van der Waals surface area contributed by atoms with E-state index in [4.69, 9.17) is 9.15 Å². The molecule has 1 aromatic carbocycles. The predicted octanol–water partition coefficient (Wildman–Crippen LogP) is 3.27. The van der Waals surface area contributed by atoms with Crippen molar-refractivity contribution in [2.75, 3.05) is 20.2 Å². The molecule has 1 aliphatic heterocycles. The van der Waals surface area contributed by atoms with Gasteiger partial charge in [-0.25, -0.2) is 0 Å². The molecule has 6 nitrogen and oxygen atoms in total. The molecule has 0 bridgehead atoms. The van der Waals surface area contributed by atoms with Crippen LogP contribution in [0, 0.1) is 5.92 Å². The number of nitrogens with one attached hydrogen (secondary N) is 1. The van der Waals surface area contributed by atoms with Gasteiger partial charge in [-0.2, -0.15) is 0 Å². The molecule has 1 saturated heterocycles. The van der Waals surface area contributed by atoms with Crippen molar-refractivity contribution in [3.63, 3.8) is 0 Å². The van der Waals surface area contributed by atoms with Gasteiger partial charge in [0.2, 0.25) is 5.91 Å². The van der Waals surface area contributed by atoms with Crippen LogP contribution >= 0.6 is 0 Å². The van der Waals surface area contributed by atoms with E-state index in [1.807, 2.05) is 24.3 Å². The van der Waals surface area contributed by atoms with Crippen LogP contribution in [0.3, 0.4) is 0 Å². The summed E-state index contributed by atoms with van der Waals surface area (Å²) in [4.78, 5) is 14.9. The van der Waals surface area contributed by atoms with Crippen molar-refractivity contribution in [1.82, 2.24) is 10.2 Å². The SMILES string of the molecule is COc1ccc([C@H]2[C@H]3CCCC[C@@]3(O)CCN2CC(=O)NCc2ccco2)cc1. The zero-order chi connectivity index (χ0) is 20.3. The summed E-state index contributed by atoms with van der Waals surface area (Å²) in [5.41, 5.74) is 0.499. The number of furan rings is 1. The van der Waals surface area contributed by atoms with Crippen LogP contribution in [0.2, 0.25) is 0 Å². The first-order valence-electron chi connectivity index (χ1n) is 10.5. The number of ether oxygens (including phenoxy) is 1. The average Bonchev–Trinajstić information content (AvgIpc) is 3.26. The second kappa shape index (κ2) is 8.59. The Hall–Kier alpha value is -2.31. The maximum Gasteiger partial charge on any atom is 0.234 e. The lowest BCUT2D eigenvalue weighted by molar-refractivity contribution is -0.138. The lowest BCUT2D eigenvalue weighted by atomic mass is 9.66. The van der Waals surface area contributed by atoms with Gasteiger partial charge in [-0.15, -0.1) is 0 Å². The fraction of sp³-hybridized carbons (Fsp3) is 0.522. The van der Waals surface area contributed by atoms with E-state index < -0.39 is 5.60 Å². The number of rotatable bonds is 6. The minimum absolute atomic E-state index is 0.0225. The number of carbonyl (C=O) groups is 1. The molecule has 1 amide bonds. The summed E-state index contributed by atoms with van der Waals surface area (Å²) >= 11 is 0. The molecule has 1 aliphatic carbocycles. The molecule has 0 radical (unpaired) electrons. The largest absolute Gasteiger partial charge is 0.497 e. The fourth-order valence-corrected chi connectivity index (χ4v) is 5.00. The molecule has 2 aliphatic rings. The number of methoxy groups -OCH3 is 1. The molecule has 6 heteroatoms. The quantitative estimate of drug-likeness (QED) is 0.781. The predicted molar refractivity (Wildman–Crippen MR) is 109 cm³/mol. The minimum atomic E-state index is -0.635. The molecule has 2 aromatic rings. The van der Waals surface area contributed by atoms with E-state index in [1.165, 1.54) is 0 Å². The Morgan fingerprint density at radius 3 is 2.83 bits per heavy atom. The van der Waals surface area contributed by atoms with Crippen LogP contribution in [-0.2, 0) is 11.3 Å². The second-order valence-corrected chi connectivity index (χ2v) is 8.25. The lowest BCUT2D eigenvalue weighted by Crippen LogP contribution is -2.56. The Morgan fingerprint density at radius 2 is 2.10 bits per heavy atom. The molecule has 0 unspecified atom stereocenters. The molecular formula is C23H30N2O4. The first kappa shape index (κ1) is 20.0. The topological polar surface area (TPSA) is 74.9 Å². The standard InChI is InChI=1S/C23H30N2O4/c1-28-18-9-7-17(8-10-18)22-20-6-2-3-11-23(20,27)12-13-25(22)16-21(26)24-15-19-5-4-14-29-19/h4-5,7-10,14,20,22,27H,2-3,6,11-13,15-16H2,1H3,(H,24,26)/t20-,22+,23-/m1/s1. The van der Waals surface area contributed by atoms with Crippen molar-refractivity contribution >= 4 is 5.91 Å². The first-order chi connectivity index (χ1) is 14.1. The Morgan fingerprint density at radius 1 is 1.28 bits per heavy atom. The van der Waals surface area contributed by atoms with E-state index in [0.717, 1.165) is 49.2 Å². The molecule has 2 N–H and O–H groups in total. The maximum absolute atomic E-state index is 12.6. The van der Waals surface area contributed by atoms with Gasteiger partial charge in [0.05, 0.1) is 32.1 Å². The van der Waals surface area contributed by atoms with Crippen LogP contribution in [0.25, 0.3) is 0 Å². The number of carbonyl (C=O) groups excluding carboxylic acids is 1. The van der Waals surface area contributed by atoms with E-state index in [-0.39, 0.29) is 17.9 Å². The summed E-state index contributed by atoms with van der Waals surface area (Å²) < 4.78 is 10.6. The van der Waals surface area contributed by atoms with Crippen molar-refractivity contribution in [3.8, 4) is 5.75 Å². The first-order valence-corrected chi connectivity index (χ1v) is 10.5. The Bertz CT molecular complexity index is 805. The number of hydrogen-bond donors (Lipinski definition) is 2. The van der Waals surface area contributed by atoms with Crippen molar-refractivity contribution in [3.05, 3.63) is 54.0 Å². The summed E-state index contributed by atoms with van der Waals surface area (Å²) in [5, 5.41) is 14.3. The fourth-order valence-electron chi connectivity index (χ4n) is 5.00. The summed E-state index contributed by atoms with van der Waals surface area (Å²) in [6.07, 6.45) is 6.36. The Labute approximate surface area is 171 Å². The highest BCUT2D eigenvalue weighted by molar-refractivity contribution is 5.78. The number of nitrogens with zero attached hydrogens (tertiary/aromatic N) is 1. The van der Waals surface area contributed by atoms with Gasteiger partial charge in [0.25, 0.3) is 0 Å². The van der Waals surface area contributed by atoms with Crippen LogP contribution in [-0.4, -0.2) is 41.7 Å². The number of fused-ring (bicyclic) bond motifs is 1. The summed E-state index contributed by atoms with van der Waals surface area (Å²) in [6, 6.07) is 11.7. The van der Waals surface area contributed by atoms with Gasteiger partial charge in [-0.1, -0.05) is 25.0 Å².